The molecule has 3 rings (SSSR count). The van der Waals surface area contributed by atoms with E-state index in [0.29, 0.717) is 17.9 Å². The number of fused-ring (bicyclic) bond motifs is 1. The molecular weight excluding hydrogens is 250 g/mol. The van der Waals surface area contributed by atoms with Gasteiger partial charge in [-0.05, 0) is 43.4 Å². The maximum Gasteiger partial charge on any atom is 0.122 e. The van der Waals surface area contributed by atoms with Gasteiger partial charge in [-0.3, -0.25) is 0 Å². The quantitative estimate of drug-likeness (QED) is 0.916. The second-order valence-corrected chi connectivity index (χ2v) is 5.94. The van der Waals surface area contributed by atoms with Crippen LogP contribution >= 0.6 is 0 Å². The Kier molecular flexibility index (Phi) is 4.58. The van der Waals surface area contributed by atoms with Crippen LogP contribution in [0.3, 0.4) is 0 Å². The zero-order valence-electron chi connectivity index (χ0n) is 12.3. The number of benzene rings is 1. The summed E-state index contributed by atoms with van der Waals surface area (Å²) in [6.45, 7) is 5.86. The minimum Gasteiger partial charge on any atom is -0.493 e. The second-order valence-electron chi connectivity index (χ2n) is 5.94. The molecule has 20 heavy (non-hydrogen) atoms. The molecule has 0 bridgehead atoms. The predicted octanol–water partition coefficient (Wildman–Crippen LogP) is 2.64. The van der Waals surface area contributed by atoms with E-state index < -0.39 is 0 Å². The van der Waals surface area contributed by atoms with Gasteiger partial charge in [0.2, 0.25) is 0 Å². The molecule has 1 fully saturated rings. The normalized spacial score (nSPS) is 27.4. The van der Waals surface area contributed by atoms with Crippen LogP contribution in [0.1, 0.15) is 25.3 Å². The standard InChI is InChI=1S/C17H25NO2/c1-2-18-17(14-7-5-9-19-11-14)15-10-13-6-3-4-8-16(13)20-12-15/h3-4,6,8,14-15,17-18H,2,5,7,9-12H2,1H3. The molecule has 1 N–H and O–H groups in total. The third-order valence-electron chi connectivity index (χ3n) is 4.56. The fourth-order valence-electron chi connectivity index (χ4n) is 3.58. The number of rotatable bonds is 4. The zero-order valence-corrected chi connectivity index (χ0v) is 12.3. The predicted molar refractivity (Wildman–Crippen MR) is 80.1 cm³/mol. The molecule has 1 saturated heterocycles. The van der Waals surface area contributed by atoms with E-state index in [2.05, 4.69) is 36.5 Å². The Morgan fingerprint density at radius 3 is 2.95 bits per heavy atom. The fourth-order valence-corrected chi connectivity index (χ4v) is 3.58. The summed E-state index contributed by atoms with van der Waals surface area (Å²) >= 11 is 0. The molecule has 3 nitrogen and oxygen atoms in total. The first kappa shape index (κ1) is 13.9. The molecule has 3 atom stereocenters. The highest BCUT2D eigenvalue weighted by atomic mass is 16.5. The fraction of sp³-hybridized carbons (Fsp3) is 0.647. The topological polar surface area (TPSA) is 30.5 Å². The van der Waals surface area contributed by atoms with E-state index in [1.54, 1.807) is 0 Å². The van der Waals surface area contributed by atoms with Crippen molar-refractivity contribution in [3.63, 3.8) is 0 Å². The van der Waals surface area contributed by atoms with Gasteiger partial charge in [0.05, 0.1) is 13.2 Å². The Morgan fingerprint density at radius 2 is 2.15 bits per heavy atom. The highest BCUT2D eigenvalue weighted by Gasteiger charge is 2.33. The van der Waals surface area contributed by atoms with Gasteiger partial charge in [-0.1, -0.05) is 25.1 Å². The monoisotopic (exact) mass is 275 g/mol. The summed E-state index contributed by atoms with van der Waals surface area (Å²) in [6, 6.07) is 8.94. The van der Waals surface area contributed by atoms with Gasteiger partial charge in [0, 0.05) is 18.6 Å². The molecule has 3 unspecified atom stereocenters. The lowest BCUT2D eigenvalue weighted by Crippen LogP contribution is -2.48. The van der Waals surface area contributed by atoms with Crippen molar-refractivity contribution in [1.29, 1.82) is 0 Å². The lowest BCUT2D eigenvalue weighted by Gasteiger charge is -2.38. The molecule has 0 saturated carbocycles. The van der Waals surface area contributed by atoms with E-state index in [9.17, 15) is 0 Å². The molecule has 2 aliphatic heterocycles. The van der Waals surface area contributed by atoms with Gasteiger partial charge < -0.3 is 14.8 Å². The van der Waals surface area contributed by atoms with E-state index in [1.807, 2.05) is 0 Å². The third kappa shape index (κ3) is 2.99. The van der Waals surface area contributed by atoms with Gasteiger partial charge in [0.25, 0.3) is 0 Å². The molecule has 0 amide bonds. The number of nitrogens with one attached hydrogen (secondary N) is 1. The maximum absolute atomic E-state index is 5.97. The summed E-state index contributed by atoms with van der Waals surface area (Å²) in [7, 11) is 0. The maximum atomic E-state index is 5.97. The molecule has 2 aliphatic rings. The number of para-hydroxylation sites is 1. The summed E-state index contributed by atoms with van der Waals surface area (Å²) in [4.78, 5) is 0. The van der Waals surface area contributed by atoms with E-state index in [1.165, 1.54) is 18.4 Å². The molecule has 110 valence electrons. The summed E-state index contributed by atoms with van der Waals surface area (Å²) in [6.07, 6.45) is 3.58. The van der Waals surface area contributed by atoms with Crippen molar-refractivity contribution >= 4 is 0 Å². The highest BCUT2D eigenvalue weighted by molar-refractivity contribution is 5.35. The van der Waals surface area contributed by atoms with Gasteiger partial charge in [-0.15, -0.1) is 0 Å². The van der Waals surface area contributed by atoms with E-state index >= 15 is 0 Å². The largest absolute Gasteiger partial charge is 0.493 e. The van der Waals surface area contributed by atoms with E-state index in [0.717, 1.165) is 38.5 Å². The average Bonchev–Trinajstić information content (AvgIpc) is 2.53. The van der Waals surface area contributed by atoms with Gasteiger partial charge in [-0.2, -0.15) is 0 Å². The van der Waals surface area contributed by atoms with Crippen LogP contribution in [0.15, 0.2) is 24.3 Å². The number of hydrogen-bond donors (Lipinski definition) is 1. The molecule has 0 aliphatic carbocycles. The van der Waals surface area contributed by atoms with Crippen molar-refractivity contribution in [2.24, 2.45) is 11.8 Å². The molecule has 0 radical (unpaired) electrons. The minimum absolute atomic E-state index is 0.508. The van der Waals surface area contributed by atoms with Gasteiger partial charge in [0.15, 0.2) is 0 Å². The smallest absolute Gasteiger partial charge is 0.122 e. The van der Waals surface area contributed by atoms with Gasteiger partial charge in [0.1, 0.15) is 5.75 Å². The lowest BCUT2D eigenvalue weighted by atomic mass is 9.81. The van der Waals surface area contributed by atoms with Crippen LogP contribution < -0.4 is 10.1 Å². The first-order valence-corrected chi connectivity index (χ1v) is 7.90. The molecule has 0 spiro atoms. The van der Waals surface area contributed by atoms with Crippen molar-refractivity contribution in [1.82, 2.24) is 5.32 Å². The summed E-state index contributed by atoms with van der Waals surface area (Å²) in [5.74, 6) is 2.25. The average molecular weight is 275 g/mol. The SMILES string of the molecule is CCNC(C1CCCOC1)C1COc2ccccc2C1. The van der Waals surface area contributed by atoms with Crippen molar-refractivity contribution in [3.05, 3.63) is 29.8 Å². The first-order chi connectivity index (χ1) is 9.88. The molecule has 1 aromatic carbocycles. The molecular formula is C17H25NO2. The van der Waals surface area contributed by atoms with E-state index in [-0.39, 0.29) is 0 Å². The Labute approximate surface area is 121 Å². The van der Waals surface area contributed by atoms with Crippen LogP contribution in [-0.2, 0) is 11.2 Å². The van der Waals surface area contributed by atoms with Gasteiger partial charge in [-0.25, -0.2) is 0 Å². The van der Waals surface area contributed by atoms with Crippen LogP contribution in [0.2, 0.25) is 0 Å². The van der Waals surface area contributed by atoms with Crippen molar-refractivity contribution in [3.8, 4) is 5.75 Å². The zero-order chi connectivity index (χ0) is 13.8. The summed E-state index contributed by atoms with van der Waals surface area (Å²) in [5, 5.41) is 3.69. The van der Waals surface area contributed by atoms with E-state index in [4.69, 9.17) is 9.47 Å². The lowest BCUT2D eigenvalue weighted by molar-refractivity contribution is 0.0213. The van der Waals surface area contributed by atoms with Crippen LogP contribution in [0.4, 0.5) is 0 Å². The van der Waals surface area contributed by atoms with Crippen molar-refractivity contribution in [2.45, 2.75) is 32.2 Å². The van der Waals surface area contributed by atoms with Crippen LogP contribution in [0.5, 0.6) is 5.75 Å². The Hall–Kier alpha value is -1.06. The molecule has 3 heteroatoms. The van der Waals surface area contributed by atoms with Crippen molar-refractivity contribution < 1.29 is 9.47 Å². The Morgan fingerprint density at radius 1 is 1.25 bits per heavy atom. The molecule has 2 heterocycles. The number of hydrogen-bond acceptors (Lipinski definition) is 3. The highest BCUT2D eigenvalue weighted by Crippen LogP contribution is 2.32. The molecule has 0 aromatic heterocycles. The van der Waals surface area contributed by atoms with Gasteiger partial charge >= 0.3 is 0 Å². The molecule has 1 aromatic rings. The number of ether oxygens (including phenoxy) is 2. The second kappa shape index (κ2) is 6.59. The Bertz CT molecular complexity index is 429. The van der Waals surface area contributed by atoms with Crippen LogP contribution in [0.25, 0.3) is 0 Å². The summed E-state index contributed by atoms with van der Waals surface area (Å²) in [5.41, 5.74) is 1.35. The summed E-state index contributed by atoms with van der Waals surface area (Å²) < 4.78 is 11.7. The first-order valence-electron chi connectivity index (χ1n) is 7.90. The minimum atomic E-state index is 0.508. The van der Waals surface area contributed by atoms with Crippen LogP contribution in [-0.4, -0.2) is 32.4 Å². The third-order valence-corrected chi connectivity index (χ3v) is 4.56. The van der Waals surface area contributed by atoms with Crippen LogP contribution in [0, 0.1) is 11.8 Å². The Balaban J connectivity index is 1.72. The van der Waals surface area contributed by atoms with Crippen molar-refractivity contribution in [2.75, 3.05) is 26.4 Å².